The molecule has 0 radical (unpaired) electrons. The Kier molecular flexibility index (Phi) is 6.51. The van der Waals surface area contributed by atoms with Crippen LogP contribution in [0.4, 0.5) is 5.69 Å². The number of nitro groups is 1. The van der Waals surface area contributed by atoms with Gasteiger partial charge in [-0.2, -0.15) is 0 Å². The van der Waals surface area contributed by atoms with Crippen molar-refractivity contribution in [3.63, 3.8) is 0 Å². The van der Waals surface area contributed by atoms with E-state index in [4.69, 9.17) is 0 Å². The third kappa shape index (κ3) is 4.49. The molecule has 0 unspecified atom stereocenters. The summed E-state index contributed by atoms with van der Waals surface area (Å²) in [5.74, 6) is -1.65. The van der Waals surface area contributed by atoms with Crippen molar-refractivity contribution in [3.05, 3.63) is 66.9 Å². The Morgan fingerprint density at radius 1 is 1.29 bits per heavy atom. The SMILES string of the molecule is Cc1nc(C)c(C(=O)C2=C(O)C(=O)N(CCCN(C)C)[C@H]2c2ccc([N+](=O)[O-])cc2)s1. The lowest BCUT2D eigenvalue weighted by Gasteiger charge is -2.27. The molecule has 0 fully saturated rings. The zero-order valence-corrected chi connectivity index (χ0v) is 18.6. The average molecular weight is 445 g/mol. The number of amides is 1. The summed E-state index contributed by atoms with van der Waals surface area (Å²) in [6, 6.07) is 4.87. The van der Waals surface area contributed by atoms with E-state index in [1.54, 1.807) is 13.8 Å². The van der Waals surface area contributed by atoms with E-state index in [0.717, 1.165) is 0 Å². The predicted octanol–water partition coefficient (Wildman–Crippen LogP) is 3.20. The molecule has 164 valence electrons. The van der Waals surface area contributed by atoms with Gasteiger partial charge in [-0.3, -0.25) is 19.7 Å². The average Bonchev–Trinajstić information content (AvgIpc) is 3.17. The van der Waals surface area contributed by atoms with Gasteiger partial charge in [-0.05, 0) is 58.6 Å². The molecule has 1 amide bonds. The second-order valence-electron chi connectivity index (χ2n) is 7.65. The molecule has 2 heterocycles. The number of non-ortho nitro benzene ring substituents is 1. The van der Waals surface area contributed by atoms with Crippen molar-refractivity contribution >= 4 is 28.7 Å². The van der Waals surface area contributed by atoms with Crippen LogP contribution in [-0.4, -0.2) is 63.7 Å². The molecular formula is C21H24N4O5S. The number of ketones is 1. The standard InChI is InChI=1S/C21H24N4O5S/c1-12-20(31-13(2)22-12)18(26)16-17(14-6-8-15(9-7-14)25(29)30)24(21(28)19(16)27)11-5-10-23(3)4/h6-9,17,27H,5,10-11H2,1-4H3/t17-/m0/s1. The Morgan fingerprint density at radius 2 is 1.94 bits per heavy atom. The fourth-order valence-corrected chi connectivity index (χ4v) is 4.54. The van der Waals surface area contributed by atoms with Crippen molar-refractivity contribution < 1.29 is 19.6 Å². The number of thiazole rings is 1. The molecule has 1 aromatic heterocycles. The fraction of sp³-hybridized carbons (Fsp3) is 0.381. The highest BCUT2D eigenvalue weighted by atomic mass is 32.1. The molecule has 1 aromatic carbocycles. The van der Waals surface area contributed by atoms with E-state index in [1.165, 1.54) is 40.5 Å². The summed E-state index contributed by atoms with van der Waals surface area (Å²) in [5, 5.41) is 22.4. The van der Waals surface area contributed by atoms with Crippen LogP contribution < -0.4 is 0 Å². The van der Waals surface area contributed by atoms with Crippen LogP contribution in [0.5, 0.6) is 0 Å². The minimum Gasteiger partial charge on any atom is -0.503 e. The molecule has 2 aromatic rings. The summed E-state index contributed by atoms with van der Waals surface area (Å²) in [5.41, 5.74) is 0.946. The van der Waals surface area contributed by atoms with Gasteiger partial charge >= 0.3 is 0 Å². The number of rotatable bonds is 8. The highest BCUT2D eigenvalue weighted by molar-refractivity contribution is 7.14. The van der Waals surface area contributed by atoms with Crippen molar-refractivity contribution in [2.24, 2.45) is 0 Å². The Hall–Kier alpha value is -3.11. The largest absolute Gasteiger partial charge is 0.503 e. The van der Waals surface area contributed by atoms with Crippen LogP contribution in [0.15, 0.2) is 35.6 Å². The molecule has 31 heavy (non-hydrogen) atoms. The number of carbonyl (C=O) groups is 2. The van der Waals surface area contributed by atoms with Gasteiger partial charge in [0, 0.05) is 18.7 Å². The van der Waals surface area contributed by atoms with E-state index < -0.39 is 28.4 Å². The van der Waals surface area contributed by atoms with Crippen LogP contribution >= 0.6 is 11.3 Å². The van der Waals surface area contributed by atoms with Crippen LogP contribution in [0.2, 0.25) is 0 Å². The van der Waals surface area contributed by atoms with E-state index in [2.05, 4.69) is 4.98 Å². The lowest BCUT2D eigenvalue weighted by atomic mass is 9.95. The first-order chi connectivity index (χ1) is 14.6. The zero-order valence-electron chi connectivity index (χ0n) is 17.8. The van der Waals surface area contributed by atoms with Crippen LogP contribution in [-0.2, 0) is 4.79 Å². The van der Waals surface area contributed by atoms with Crippen LogP contribution in [0, 0.1) is 24.0 Å². The highest BCUT2D eigenvalue weighted by Gasteiger charge is 2.44. The number of aliphatic hydroxyl groups excluding tert-OH is 1. The lowest BCUT2D eigenvalue weighted by molar-refractivity contribution is -0.384. The van der Waals surface area contributed by atoms with Crippen molar-refractivity contribution in [1.29, 1.82) is 0 Å². The maximum Gasteiger partial charge on any atom is 0.290 e. The molecule has 1 aliphatic heterocycles. The summed E-state index contributed by atoms with van der Waals surface area (Å²) in [6.07, 6.45) is 0.635. The molecule has 1 N–H and O–H groups in total. The van der Waals surface area contributed by atoms with Gasteiger partial charge in [-0.15, -0.1) is 11.3 Å². The fourth-order valence-electron chi connectivity index (χ4n) is 3.66. The lowest BCUT2D eigenvalue weighted by Crippen LogP contribution is -2.33. The smallest absolute Gasteiger partial charge is 0.290 e. The van der Waals surface area contributed by atoms with Gasteiger partial charge in [0.2, 0.25) is 5.78 Å². The second-order valence-corrected chi connectivity index (χ2v) is 8.85. The third-order valence-electron chi connectivity index (χ3n) is 5.08. The van der Waals surface area contributed by atoms with Crippen molar-refractivity contribution in [1.82, 2.24) is 14.8 Å². The number of aliphatic hydroxyl groups is 1. The van der Waals surface area contributed by atoms with Gasteiger partial charge in [0.15, 0.2) is 5.76 Å². The van der Waals surface area contributed by atoms with Gasteiger partial charge in [0.05, 0.1) is 32.1 Å². The number of carbonyl (C=O) groups excluding carboxylic acids is 2. The Labute approximate surface area is 183 Å². The van der Waals surface area contributed by atoms with Crippen molar-refractivity contribution in [2.75, 3.05) is 27.2 Å². The number of aromatic nitrogens is 1. The molecule has 0 saturated heterocycles. The minimum absolute atomic E-state index is 0.0181. The number of nitro benzene ring substituents is 1. The number of hydrogen-bond donors (Lipinski definition) is 1. The number of Topliss-reactive ketones (excluding diaryl/α,β-unsaturated/α-hetero) is 1. The summed E-state index contributed by atoms with van der Waals surface area (Å²) in [6.45, 7) is 4.53. The van der Waals surface area contributed by atoms with Gasteiger partial charge in [0.1, 0.15) is 0 Å². The summed E-state index contributed by atoms with van der Waals surface area (Å²) in [4.78, 5) is 44.9. The highest BCUT2D eigenvalue weighted by Crippen LogP contribution is 2.40. The molecule has 0 spiro atoms. The van der Waals surface area contributed by atoms with Crippen molar-refractivity contribution in [2.45, 2.75) is 26.3 Å². The van der Waals surface area contributed by atoms with Crippen molar-refractivity contribution in [3.8, 4) is 0 Å². The van der Waals surface area contributed by atoms with E-state index in [-0.39, 0.29) is 11.3 Å². The topological polar surface area (TPSA) is 117 Å². The maximum absolute atomic E-state index is 13.4. The zero-order chi connectivity index (χ0) is 22.9. The maximum atomic E-state index is 13.4. The van der Waals surface area contributed by atoms with E-state index >= 15 is 0 Å². The van der Waals surface area contributed by atoms with E-state index in [0.29, 0.717) is 40.7 Å². The molecule has 1 aliphatic rings. The summed E-state index contributed by atoms with van der Waals surface area (Å²) >= 11 is 1.21. The first kappa shape index (κ1) is 22.6. The molecule has 9 nitrogen and oxygen atoms in total. The number of benzene rings is 1. The first-order valence-corrected chi connectivity index (χ1v) is 10.5. The Balaban J connectivity index is 2.05. The molecule has 0 aliphatic carbocycles. The first-order valence-electron chi connectivity index (χ1n) is 9.73. The number of hydrogen-bond acceptors (Lipinski definition) is 8. The molecule has 10 heteroatoms. The third-order valence-corrected chi connectivity index (χ3v) is 6.15. The predicted molar refractivity (Wildman–Crippen MR) is 116 cm³/mol. The molecule has 1 atom stereocenters. The number of nitrogens with zero attached hydrogens (tertiary/aromatic N) is 4. The quantitative estimate of drug-likeness (QED) is 0.377. The minimum atomic E-state index is -0.829. The number of aryl methyl sites for hydroxylation is 2. The Bertz CT molecular complexity index is 1060. The monoisotopic (exact) mass is 444 g/mol. The van der Waals surface area contributed by atoms with Gasteiger partial charge < -0.3 is 14.9 Å². The van der Waals surface area contributed by atoms with E-state index in [1.807, 2.05) is 19.0 Å². The molecule has 0 saturated carbocycles. The van der Waals surface area contributed by atoms with Gasteiger partial charge in [-0.25, -0.2) is 4.98 Å². The van der Waals surface area contributed by atoms with Crippen LogP contribution in [0.1, 0.15) is 38.4 Å². The normalized spacial score (nSPS) is 16.5. The summed E-state index contributed by atoms with van der Waals surface area (Å²) < 4.78 is 0. The summed E-state index contributed by atoms with van der Waals surface area (Å²) in [7, 11) is 3.83. The Morgan fingerprint density at radius 3 is 2.45 bits per heavy atom. The van der Waals surface area contributed by atoms with Gasteiger partial charge in [-0.1, -0.05) is 0 Å². The second kappa shape index (κ2) is 8.94. The molecule has 3 rings (SSSR count). The molecule has 0 bridgehead atoms. The van der Waals surface area contributed by atoms with E-state index in [9.17, 15) is 24.8 Å². The van der Waals surface area contributed by atoms with Gasteiger partial charge in [0.25, 0.3) is 11.6 Å². The molecular weight excluding hydrogens is 420 g/mol. The van der Waals surface area contributed by atoms with Crippen LogP contribution in [0.3, 0.4) is 0 Å². The van der Waals surface area contributed by atoms with Crippen LogP contribution in [0.25, 0.3) is 0 Å².